The van der Waals surface area contributed by atoms with Crippen LogP contribution in [0.5, 0.6) is 11.5 Å². The summed E-state index contributed by atoms with van der Waals surface area (Å²) < 4.78 is 15.8. The summed E-state index contributed by atoms with van der Waals surface area (Å²) in [4.78, 5) is 11.5. The number of fused-ring (bicyclic) bond motifs is 1. The number of methoxy groups -OCH3 is 1. The molecule has 1 aliphatic heterocycles. The summed E-state index contributed by atoms with van der Waals surface area (Å²) in [5, 5.41) is 10.0. The molecular formula is C14H18O5. The van der Waals surface area contributed by atoms with Gasteiger partial charge in [0.15, 0.2) is 17.6 Å². The predicted molar refractivity (Wildman–Crippen MR) is 68.4 cm³/mol. The van der Waals surface area contributed by atoms with E-state index < -0.39 is 12.1 Å². The van der Waals surface area contributed by atoms with Crippen LogP contribution >= 0.6 is 0 Å². The Bertz CT molecular complexity index is 469. The second-order valence-corrected chi connectivity index (χ2v) is 4.29. The second kappa shape index (κ2) is 5.93. The third-order valence-corrected chi connectivity index (χ3v) is 3.13. The van der Waals surface area contributed by atoms with Gasteiger partial charge in [0, 0.05) is 12.0 Å². The number of hydrogen-bond donors (Lipinski definition) is 1. The molecule has 1 unspecified atom stereocenters. The smallest absolute Gasteiger partial charge is 0.339 e. The van der Waals surface area contributed by atoms with Gasteiger partial charge in [-0.2, -0.15) is 0 Å². The van der Waals surface area contributed by atoms with Gasteiger partial charge in [0.05, 0.1) is 20.3 Å². The quantitative estimate of drug-likeness (QED) is 0.842. The van der Waals surface area contributed by atoms with Crippen molar-refractivity contribution in [3.8, 4) is 11.5 Å². The lowest BCUT2D eigenvalue weighted by molar-refractivity contribution is -0.150. The van der Waals surface area contributed by atoms with Crippen molar-refractivity contribution in [1.29, 1.82) is 0 Å². The van der Waals surface area contributed by atoms with E-state index in [-0.39, 0.29) is 0 Å². The van der Waals surface area contributed by atoms with Crippen LogP contribution in [0, 0.1) is 0 Å². The third kappa shape index (κ3) is 2.66. The topological polar surface area (TPSA) is 65.0 Å². The van der Waals surface area contributed by atoms with Crippen LogP contribution in [0.4, 0.5) is 0 Å². The zero-order valence-corrected chi connectivity index (χ0v) is 11.1. The Morgan fingerprint density at radius 3 is 2.84 bits per heavy atom. The standard InChI is InChI=1S/C14H18O5/c1-3-9-10(12(15)14(16)17-2)5-6-11-13(9)19-8-4-7-18-11/h5-6,12,15H,3-4,7-8H2,1-2H3. The molecule has 104 valence electrons. The van der Waals surface area contributed by atoms with Crippen molar-refractivity contribution >= 4 is 5.97 Å². The van der Waals surface area contributed by atoms with E-state index in [1.54, 1.807) is 12.1 Å². The summed E-state index contributed by atoms with van der Waals surface area (Å²) in [7, 11) is 1.25. The molecular weight excluding hydrogens is 248 g/mol. The average molecular weight is 266 g/mol. The van der Waals surface area contributed by atoms with E-state index in [9.17, 15) is 9.90 Å². The van der Waals surface area contributed by atoms with Crippen molar-refractivity contribution in [1.82, 2.24) is 0 Å². The van der Waals surface area contributed by atoms with Crippen LogP contribution in [-0.2, 0) is 16.0 Å². The molecule has 5 nitrogen and oxygen atoms in total. The zero-order chi connectivity index (χ0) is 13.8. The maximum Gasteiger partial charge on any atom is 0.339 e. The lowest BCUT2D eigenvalue weighted by Crippen LogP contribution is -2.16. The molecule has 0 saturated carbocycles. The largest absolute Gasteiger partial charge is 0.490 e. The molecule has 1 N–H and O–H groups in total. The average Bonchev–Trinajstić information content (AvgIpc) is 2.69. The number of hydrogen-bond acceptors (Lipinski definition) is 5. The first-order valence-electron chi connectivity index (χ1n) is 6.36. The number of esters is 1. The van der Waals surface area contributed by atoms with Gasteiger partial charge in [-0.05, 0) is 18.1 Å². The van der Waals surface area contributed by atoms with Crippen molar-refractivity contribution in [2.45, 2.75) is 25.9 Å². The Morgan fingerprint density at radius 2 is 2.16 bits per heavy atom. The van der Waals surface area contributed by atoms with Crippen molar-refractivity contribution in [3.05, 3.63) is 23.3 Å². The third-order valence-electron chi connectivity index (χ3n) is 3.13. The van der Waals surface area contributed by atoms with Crippen molar-refractivity contribution in [2.24, 2.45) is 0 Å². The Balaban J connectivity index is 2.45. The van der Waals surface area contributed by atoms with Crippen molar-refractivity contribution in [3.63, 3.8) is 0 Å². The normalized spacial score (nSPS) is 15.5. The van der Waals surface area contributed by atoms with E-state index in [1.807, 2.05) is 6.92 Å². The molecule has 1 atom stereocenters. The van der Waals surface area contributed by atoms with E-state index in [2.05, 4.69) is 4.74 Å². The summed E-state index contributed by atoms with van der Waals surface area (Å²) in [5.74, 6) is 0.611. The molecule has 0 aromatic heterocycles. The highest BCUT2D eigenvalue weighted by Crippen LogP contribution is 2.38. The Kier molecular flexibility index (Phi) is 4.27. The van der Waals surface area contributed by atoms with Crippen molar-refractivity contribution < 1.29 is 24.1 Å². The van der Waals surface area contributed by atoms with Crippen LogP contribution in [0.1, 0.15) is 30.6 Å². The lowest BCUT2D eigenvalue weighted by atomic mass is 9.98. The molecule has 0 radical (unpaired) electrons. The highest BCUT2D eigenvalue weighted by molar-refractivity contribution is 5.77. The molecule has 0 aliphatic carbocycles. The van der Waals surface area contributed by atoms with Gasteiger partial charge in [0.1, 0.15) is 0 Å². The summed E-state index contributed by atoms with van der Waals surface area (Å²) in [6.45, 7) is 3.12. The first-order chi connectivity index (χ1) is 9.19. The van der Waals surface area contributed by atoms with Crippen molar-refractivity contribution in [2.75, 3.05) is 20.3 Å². The number of benzene rings is 1. The summed E-state index contributed by atoms with van der Waals surface area (Å²) in [6, 6.07) is 3.41. The Hall–Kier alpha value is -1.75. The van der Waals surface area contributed by atoms with Crippen LogP contribution in [0.2, 0.25) is 0 Å². The maximum absolute atomic E-state index is 11.5. The summed E-state index contributed by atoms with van der Waals surface area (Å²) in [5.41, 5.74) is 1.30. The van der Waals surface area contributed by atoms with E-state index in [0.717, 1.165) is 12.0 Å². The fourth-order valence-corrected chi connectivity index (χ4v) is 2.17. The molecule has 1 aliphatic rings. The van der Waals surface area contributed by atoms with Gasteiger partial charge in [-0.25, -0.2) is 4.79 Å². The summed E-state index contributed by atoms with van der Waals surface area (Å²) in [6.07, 6.45) is 0.153. The number of aliphatic hydroxyl groups is 1. The lowest BCUT2D eigenvalue weighted by Gasteiger charge is -2.18. The molecule has 5 heteroatoms. The van der Waals surface area contributed by atoms with E-state index in [4.69, 9.17) is 9.47 Å². The first-order valence-corrected chi connectivity index (χ1v) is 6.36. The van der Waals surface area contributed by atoms with E-state index in [1.165, 1.54) is 7.11 Å². The van der Waals surface area contributed by atoms with E-state index >= 15 is 0 Å². The van der Waals surface area contributed by atoms with Gasteiger partial charge >= 0.3 is 5.97 Å². The van der Waals surface area contributed by atoms with Gasteiger partial charge in [-0.15, -0.1) is 0 Å². The van der Waals surface area contributed by atoms with Crippen LogP contribution in [0.25, 0.3) is 0 Å². The molecule has 0 bridgehead atoms. The molecule has 0 saturated heterocycles. The molecule has 0 fully saturated rings. The first kappa shape index (κ1) is 13.7. The maximum atomic E-state index is 11.5. The van der Waals surface area contributed by atoms with Gasteiger partial charge in [0.25, 0.3) is 0 Å². The molecule has 0 spiro atoms. The number of aliphatic hydroxyl groups excluding tert-OH is 1. The predicted octanol–water partition coefficient (Wildman–Crippen LogP) is 1.62. The zero-order valence-electron chi connectivity index (χ0n) is 11.1. The number of rotatable bonds is 3. The molecule has 2 rings (SSSR count). The molecule has 1 heterocycles. The van der Waals surface area contributed by atoms with E-state index in [0.29, 0.717) is 36.7 Å². The minimum Gasteiger partial charge on any atom is -0.490 e. The fraction of sp³-hybridized carbons (Fsp3) is 0.500. The monoisotopic (exact) mass is 266 g/mol. The minimum atomic E-state index is -1.29. The minimum absolute atomic E-state index is 0.513. The number of ether oxygens (including phenoxy) is 3. The highest BCUT2D eigenvalue weighted by atomic mass is 16.5. The Morgan fingerprint density at radius 1 is 1.42 bits per heavy atom. The number of carbonyl (C=O) groups is 1. The van der Waals surface area contributed by atoms with Gasteiger partial charge in [0.2, 0.25) is 0 Å². The van der Waals surface area contributed by atoms with Crippen LogP contribution in [0.15, 0.2) is 12.1 Å². The molecule has 19 heavy (non-hydrogen) atoms. The Labute approximate surface area is 112 Å². The fourth-order valence-electron chi connectivity index (χ4n) is 2.17. The molecule has 0 amide bonds. The van der Waals surface area contributed by atoms with Gasteiger partial charge in [-0.3, -0.25) is 0 Å². The van der Waals surface area contributed by atoms with Crippen LogP contribution in [0.3, 0.4) is 0 Å². The summed E-state index contributed by atoms with van der Waals surface area (Å²) >= 11 is 0. The highest BCUT2D eigenvalue weighted by Gasteiger charge is 2.25. The second-order valence-electron chi connectivity index (χ2n) is 4.29. The van der Waals surface area contributed by atoms with Gasteiger partial charge < -0.3 is 19.3 Å². The van der Waals surface area contributed by atoms with Gasteiger partial charge in [-0.1, -0.05) is 13.0 Å². The molecule has 1 aromatic rings. The SMILES string of the molecule is CCc1c(C(O)C(=O)OC)ccc2c1OCCCO2. The van der Waals surface area contributed by atoms with Crippen LogP contribution < -0.4 is 9.47 Å². The molecule has 1 aromatic carbocycles. The number of carbonyl (C=O) groups excluding carboxylic acids is 1. The van der Waals surface area contributed by atoms with Crippen LogP contribution in [-0.4, -0.2) is 31.4 Å².